The number of rotatable bonds is 5. The number of hydrogen-bond acceptors (Lipinski definition) is 5. The molecule has 0 N–H and O–H groups in total. The second-order valence-corrected chi connectivity index (χ2v) is 6.49. The molecule has 0 spiro atoms. The van der Waals surface area contributed by atoms with Crippen molar-refractivity contribution in [3.8, 4) is 11.5 Å². The number of fused-ring (bicyclic) bond motifs is 1. The maximum Gasteiger partial charge on any atom is 0.347 e. The third-order valence-electron chi connectivity index (χ3n) is 3.76. The zero-order valence-corrected chi connectivity index (χ0v) is 15.9. The Labute approximate surface area is 159 Å². The summed E-state index contributed by atoms with van der Waals surface area (Å²) < 4.78 is 17.1. The predicted octanol–water partition coefficient (Wildman–Crippen LogP) is 4.40. The van der Waals surface area contributed by atoms with Gasteiger partial charge in [-0.15, -0.1) is 0 Å². The lowest BCUT2D eigenvalue weighted by atomic mass is 10.1. The van der Waals surface area contributed by atoms with Crippen LogP contribution in [0, 0.1) is 0 Å². The van der Waals surface area contributed by atoms with Gasteiger partial charge in [0.1, 0.15) is 11.5 Å². The van der Waals surface area contributed by atoms with Crippen molar-refractivity contribution in [2.24, 2.45) is 0 Å². The summed E-state index contributed by atoms with van der Waals surface area (Å²) in [5.74, 6) is 0.434. The monoisotopic (exact) mass is 416 g/mol. The van der Waals surface area contributed by atoms with Crippen LogP contribution < -0.4 is 9.47 Å². The van der Waals surface area contributed by atoms with Gasteiger partial charge in [-0.1, -0.05) is 34.1 Å². The van der Waals surface area contributed by atoms with E-state index in [1.165, 1.54) is 0 Å². The second kappa shape index (κ2) is 7.74. The second-order valence-electron chi connectivity index (χ2n) is 5.63. The van der Waals surface area contributed by atoms with Gasteiger partial charge in [0.2, 0.25) is 5.78 Å². The number of halogens is 1. The van der Waals surface area contributed by atoms with Crippen molar-refractivity contribution in [2.45, 2.75) is 20.0 Å². The standard InChI is InChI=1S/C20H17BrO5/c1-3-24-20(23)12(2)25-14-8-9-15-17(11-14)26-18(19(15)22)10-13-6-4-5-7-16(13)21/h4-12H,3H2,1-2H3/t12-/m0/s1. The van der Waals surface area contributed by atoms with Gasteiger partial charge in [-0.25, -0.2) is 4.79 Å². The zero-order chi connectivity index (χ0) is 18.7. The number of benzene rings is 2. The first-order valence-electron chi connectivity index (χ1n) is 8.15. The zero-order valence-electron chi connectivity index (χ0n) is 14.3. The van der Waals surface area contributed by atoms with E-state index in [9.17, 15) is 9.59 Å². The molecule has 1 aliphatic heterocycles. The molecule has 0 aliphatic carbocycles. The highest BCUT2D eigenvalue weighted by atomic mass is 79.9. The predicted molar refractivity (Wildman–Crippen MR) is 100 cm³/mol. The van der Waals surface area contributed by atoms with Crippen LogP contribution in [0.1, 0.15) is 29.8 Å². The van der Waals surface area contributed by atoms with E-state index in [1.807, 2.05) is 24.3 Å². The largest absolute Gasteiger partial charge is 0.479 e. The van der Waals surface area contributed by atoms with E-state index >= 15 is 0 Å². The third-order valence-corrected chi connectivity index (χ3v) is 4.49. The summed E-state index contributed by atoms with van der Waals surface area (Å²) in [6, 6.07) is 12.4. The quantitative estimate of drug-likeness (QED) is 0.533. The summed E-state index contributed by atoms with van der Waals surface area (Å²) in [7, 11) is 0. The van der Waals surface area contributed by atoms with Crippen LogP contribution >= 0.6 is 15.9 Å². The summed E-state index contributed by atoms with van der Waals surface area (Å²) in [6.07, 6.45) is 0.939. The molecule has 0 aromatic heterocycles. The smallest absolute Gasteiger partial charge is 0.347 e. The average Bonchev–Trinajstić information content (AvgIpc) is 2.92. The van der Waals surface area contributed by atoms with E-state index in [4.69, 9.17) is 14.2 Å². The molecule has 3 rings (SSSR count). The van der Waals surface area contributed by atoms with Crippen molar-refractivity contribution < 1.29 is 23.8 Å². The van der Waals surface area contributed by atoms with Crippen molar-refractivity contribution in [3.05, 3.63) is 63.8 Å². The molecule has 1 heterocycles. The average molecular weight is 417 g/mol. The van der Waals surface area contributed by atoms with E-state index in [0.29, 0.717) is 17.1 Å². The number of Topliss-reactive ketones (excluding diaryl/α,β-unsaturated/α-hetero) is 1. The van der Waals surface area contributed by atoms with Gasteiger partial charge in [0, 0.05) is 10.5 Å². The Kier molecular flexibility index (Phi) is 5.42. The lowest BCUT2D eigenvalue weighted by molar-refractivity contribution is -0.150. The lowest BCUT2D eigenvalue weighted by Gasteiger charge is -2.13. The highest BCUT2D eigenvalue weighted by Crippen LogP contribution is 2.35. The van der Waals surface area contributed by atoms with Gasteiger partial charge in [-0.3, -0.25) is 4.79 Å². The summed E-state index contributed by atoms with van der Waals surface area (Å²) in [5, 5.41) is 0. The Morgan fingerprint density at radius 3 is 2.77 bits per heavy atom. The lowest BCUT2D eigenvalue weighted by Crippen LogP contribution is -2.26. The van der Waals surface area contributed by atoms with Gasteiger partial charge in [0.25, 0.3) is 0 Å². The molecule has 6 heteroatoms. The first-order valence-corrected chi connectivity index (χ1v) is 8.95. The molecule has 1 atom stereocenters. The van der Waals surface area contributed by atoms with E-state index in [1.54, 1.807) is 38.1 Å². The molecule has 2 aromatic rings. The molecular weight excluding hydrogens is 400 g/mol. The normalized spacial score (nSPS) is 15.3. The van der Waals surface area contributed by atoms with Crippen LogP contribution in [0.15, 0.2) is 52.7 Å². The van der Waals surface area contributed by atoms with Crippen LogP contribution in [0.3, 0.4) is 0 Å². The Balaban J connectivity index is 1.80. The minimum atomic E-state index is -0.750. The number of hydrogen-bond donors (Lipinski definition) is 0. The molecule has 26 heavy (non-hydrogen) atoms. The van der Waals surface area contributed by atoms with Gasteiger partial charge >= 0.3 is 5.97 Å². The van der Waals surface area contributed by atoms with Gasteiger partial charge in [0.15, 0.2) is 11.9 Å². The third kappa shape index (κ3) is 3.80. The highest BCUT2D eigenvalue weighted by molar-refractivity contribution is 9.10. The highest BCUT2D eigenvalue weighted by Gasteiger charge is 2.28. The molecule has 0 unspecified atom stereocenters. The minimum Gasteiger partial charge on any atom is -0.479 e. The van der Waals surface area contributed by atoms with Gasteiger partial charge in [0.05, 0.1) is 12.2 Å². The molecule has 1 aliphatic rings. The van der Waals surface area contributed by atoms with Crippen molar-refractivity contribution in [1.82, 2.24) is 0 Å². The fraction of sp³-hybridized carbons (Fsp3) is 0.200. The minimum absolute atomic E-state index is 0.194. The maximum absolute atomic E-state index is 12.5. The Bertz CT molecular complexity index is 888. The maximum atomic E-state index is 12.5. The summed E-state index contributed by atoms with van der Waals surface area (Å²) in [6.45, 7) is 3.63. The SMILES string of the molecule is CCOC(=O)[C@H](C)Oc1ccc2c(c1)OC(=Cc1ccccc1Br)C2=O. The van der Waals surface area contributed by atoms with E-state index < -0.39 is 12.1 Å². The van der Waals surface area contributed by atoms with Crippen molar-refractivity contribution >= 4 is 33.8 Å². The fourth-order valence-corrected chi connectivity index (χ4v) is 2.89. The van der Waals surface area contributed by atoms with Crippen LogP contribution in [-0.4, -0.2) is 24.5 Å². The fourth-order valence-electron chi connectivity index (χ4n) is 2.49. The molecular formula is C20H17BrO5. The van der Waals surface area contributed by atoms with Gasteiger partial charge in [-0.05, 0) is 43.7 Å². The summed E-state index contributed by atoms with van der Waals surface area (Å²) in [5.41, 5.74) is 1.30. The summed E-state index contributed by atoms with van der Waals surface area (Å²) in [4.78, 5) is 24.2. The molecule has 134 valence electrons. The number of carbonyl (C=O) groups is 2. The number of ether oxygens (including phenoxy) is 3. The van der Waals surface area contributed by atoms with Crippen LogP contribution in [0.2, 0.25) is 0 Å². The topological polar surface area (TPSA) is 61.8 Å². The Morgan fingerprint density at radius 1 is 1.27 bits per heavy atom. The van der Waals surface area contributed by atoms with Crippen LogP contribution in [0.4, 0.5) is 0 Å². The van der Waals surface area contributed by atoms with Gasteiger partial charge in [-0.2, -0.15) is 0 Å². The van der Waals surface area contributed by atoms with E-state index in [-0.39, 0.29) is 18.1 Å². The number of ketones is 1. The van der Waals surface area contributed by atoms with E-state index in [2.05, 4.69) is 15.9 Å². The van der Waals surface area contributed by atoms with Crippen LogP contribution in [0.5, 0.6) is 11.5 Å². The first-order chi connectivity index (χ1) is 12.5. The van der Waals surface area contributed by atoms with Crippen LogP contribution in [0.25, 0.3) is 6.08 Å². The number of carbonyl (C=O) groups excluding carboxylic acids is 2. The molecule has 0 saturated heterocycles. The van der Waals surface area contributed by atoms with Crippen molar-refractivity contribution in [2.75, 3.05) is 6.61 Å². The molecule has 0 bridgehead atoms. The number of esters is 1. The van der Waals surface area contributed by atoms with Gasteiger partial charge < -0.3 is 14.2 Å². The Hall–Kier alpha value is -2.60. The molecule has 2 aromatic carbocycles. The molecule has 0 fully saturated rings. The van der Waals surface area contributed by atoms with Crippen LogP contribution in [-0.2, 0) is 9.53 Å². The molecule has 0 saturated carbocycles. The summed E-state index contributed by atoms with van der Waals surface area (Å²) >= 11 is 3.45. The molecule has 5 nitrogen and oxygen atoms in total. The first kappa shape index (κ1) is 18.2. The Morgan fingerprint density at radius 2 is 2.04 bits per heavy atom. The molecule has 0 amide bonds. The molecule has 0 radical (unpaired) electrons. The van der Waals surface area contributed by atoms with E-state index in [0.717, 1.165) is 10.0 Å². The van der Waals surface area contributed by atoms with Crippen molar-refractivity contribution in [3.63, 3.8) is 0 Å². The number of allylic oxidation sites excluding steroid dienone is 1. The van der Waals surface area contributed by atoms with Crippen molar-refractivity contribution in [1.29, 1.82) is 0 Å².